The Kier molecular flexibility index (Phi) is 7.75. The molecule has 0 aliphatic heterocycles. The van der Waals surface area contributed by atoms with Crippen molar-refractivity contribution in [3.05, 3.63) is 53.6 Å². The molecular formula is C24H29NO5. The van der Waals surface area contributed by atoms with Crippen molar-refractivity contribution in [3.8, 4) is 11.5 Å². The normalized spacial score (nSPS) is 11.0. The van der Waals surface area contributed by atoms with Crippen molar-refractivity contribution < 1.29 is 23.9 Å². The van der Waals surface area contributed by atoms with E-state index in [1.54, 1.807) is 45.0 Å². The molecule has 0 saturated carbocycles. The maximum atomic E-state index is 12.1. The van der Waals surface area contributed by atoms with Crippen LogP contribution in [0.1, 0.15) is 44.7 Å². The number of carbonyl (C=O) groups excluding carboxylic acids is 3. The van der Waals surface area contributed by atoms with Crippen LogP contribution in [0.5, 0.6) is 11.5 Å². The number of rotatable bonds is 8. The topological polar surface area (TPSA) is 81.7 Å². The number of esters is 1. The molecule has 0 aromatic heterocycles. The van der Waals surface area contributed by atoms with Crippen LogP contribution in [0.3, 0.4) is 0 Å². The highest BCUT2D eigenvalue weighted by atomic mass is 16.5. The molecule has 0 aliphatic rings. The van der Waals surface area contributed by atoms with Crippen LogP contribution in [0.15, 0.2) is 42.5 Å². The van der Waals surface area contributed by atoms with Crippen LogP contribution in [0.2, 0.25) is 0 Å². The highest BCUT2D eigenvalue weighted by molar-refractivity contribution is 5.93. The first-order valence-corrected chi connectivity index (χ1v) is 9.89. The zero-order valence-electron chi connectivity index (χ0n) is 18.2. The molecule has 0 unspecified atom stereocenters. The summed E-state index contributed by atoms with van der Waals surface area (Å²) < 4.78 is 10.9. The van der Waals surface area contributed by atoms with Crippen molar-refractivity contribution in [2.45, 2.75) is 47.5 Å². The van der Waals surface area contributed by atoms with Gasteiger partial charge in [-0.05, 0) is 49.2 Å². The molecule has 1 amide bonds. The van der Waals surface area contributed by atoms with Crippen molar-refractivity contribution >= 4 is 23.3 Å². The van der Waals surface area contributed by atoms with E-state index in [0.717, 1.165) is 16.9 Å². The van der Waals surface area contributed by atoms with Crippen molar-refractivity contribution in [2.24, 2.45) is 5.41 Å². The Labute approximate surface area is 177 Å². The average molecular weight is 411 g/mol. The summed E-state index contributed by atoms with van der Waals surface area (Å²) in [4.78, 5) is 35.6. The standard InChI is InChI=1S/C24H29NO5/c1-16-7-6-8-17(2)23(16)30-19-11-9-18(10-12-19)25-21(27)13-14-22(28)29-15-20(26)24(3,4)5/h6-12H,13-15H2,1-5H3,(H,25,27). The zero-order valence-corrected chi connectivity index (χ0v) is 18.2. The third-order valence-corrected chi connectivity index (χ3v) is 4.52. The van der Waals surface area contributed by atoms with Crippen molar-refractivity contribution in [1.82, 2.24) is 0 Å². The summed E-state index contributed by atoms with van der Waals surface area (Å²) in [5.41, 5.74) is 2.13. The predicted molar refractivity (Wildman–Crippen MR) is 116 cm³/mol. The van der Waals surface area contributed by atoms with E-state index in [1.807, 2.05) is 32.0 Å². The van der Waals surface area contributed by atoms with Crippen LogP contribution in [0.4, 0.5) is 5.69 Å². The first-order chi connectivity index (χ1) is 14.1. The summed E-state index contributed by atoms with van der Waals surface area (Å²) in [5.74, 6) is 0.441. The van der Waals surface area contributed by atoms with E-state index in [2.05, 4.69) is 5.32 Å². The molecule has 6 nitrogen and oxygen atoms in total. The molecule has 30 heavy (non-hydrogen) atoms. The Bertz CT molecular complexity index is 890. The highest BCUT2D eigenvalue weighted by Crippen LogP contribution is 2.29. The number of ketones is 1. The zero-order chi connectivity index (χ0) is 22.3. The molecular weight excluding hydrogens is 382 g/mol. The number of benzene rings is 2. The van der Waals surface area contributed by atoms with Gasteiger partial charge < -0.3 is 14.8 Å². The fraction of sp³-hybridized carbons (Fsp3) is 0.375. The molecule has 2 aromatic rings. The van der Waals surface area contributed by atoms with Gasteiger partial charge in [0, 0.05) is 17.5 Å². The van der Waals surface area contributed by atoms with E-state index in [-0.39, 0.29) is 31.1 Å². The Morgan fingerprint density at radius 1 is 0.900 bits per heavy atom. The van der Waals surface area contributed by atoms with Gasteiger partial charge in [0.25, 0.3) is 0 Å². The highest BCUT2D eigenvalue weighted by Gasteiger charge is 2.22. The molecule has 0 aliphatic carbocycles. The fourth-order valence-electron chi connectivity index (χ4n) is 2.56. The fourth-order valence-corrected chi connectivity index (χ4v) is 2.56. The minimum absolute atomic E-state index is 0.0246. The minimum Gasteiger partial charge on any atom is -0.458 e. The molecule has 160 valence electrons. The summed E-state index contributed by atoms with van der Waals surface area (Å²) in [6.07, 6.45) is -0.111. The average Bonchev–Trinajstić information content (AvgIpc) is 2.68. The number of hydrogen-bond acceptors (Lipinski definition) is 5. The number of para-hydroxylation sites is 1. The molecule has 1 N–H and O–H groups in total. The molecule has 0 atom stereocenters. The molecule has 2 rings (SSSR count). The van der Waals surface area contributed by atoms with Gasteiger partial charge in [-0.3, -0.25) is 14.4 Å². The molecule has 0 spiro atoms. The Hall–Kier alpha value is -3.15. The van der Waals surface area contributed by atoms with E-state index < -0.39 is 11.4 Å². The number of anilines is 1. The SMILES string of the molecule is Cc1cccc(C)c1Oc1ccc(NC(=O)CCC(=O)OCC(=O)C(C)(C)C)cc1. The summed E-state index contributed by atoms with van der Waals surface area (Å²) >= 11 is 0. The van der Waals surface area contributed by atoms with Gasteiger partial charge >= 0.3 is 5.97 Å². The third-order valence-electron chi connectivity index (χ3n) is 4.52. The molecule has 0 fully saturated rings. The lowest BCUT2D eigenvalue weighted by Crippen LogP contribution is -2.26. The summed E-state index contributed by atoms with van der Waals surface area (Å²) in [6, 6.07) is 13.0. The number of hydrogen-bond donors (Lipinski definition) is 1. The second-order valence-electron chi connectivity index (χ2n) is 8.23. The van der Waals surface area contributed by atoms with Gasteiger partial charge in [0.05, 0.1) is 6.42 Å². The maximum absolute atomic E-state index is 12.1. The molecule has 6 heteroatoms. The summed E-state index contributed by atoms with van der Waals surface area (Å²) in [5, 5.41) is 2.73. The monoisotopic (exact) mass is 411 g/mol. The Morgan fingerprint density at radius 2 is 1.50 bits per heavy atom. The summed E-state index contributed by atoms with van der Waals surface area (Å²) in [7, 11) is 0. The van der Waals surface area contributed by atoms with Gasteiger partial charge in [-0.1, -0.05) is 39.0 Å². The first-order valence-electron chi connectivity index (χ1n) is 9.89. The third kappa shape index (κ3) is 7.03. The molecule has 0 bridgehead atoms. The molecule has 2 aromatic carbocycles. The maximum Gasteiger partial charge on any atom is 0.306 e. The van der Waals surface area contributed by atoms with Crippen LogP contribution < -0.4 is 10.1 Å². The Morgan fingerprint density at radius 3 is 2.07 bits per heavy atom. The molecule has 0 heterocycles. The van der Waals surface area contributed by atoms with Crippen LogP contribution in [-0.2, 0) is 19.1 Å². The number of carbonyl (C=O) groups is 3. The van der Waals surface area contributed by atoms with Gasteiger partial charge in [-0.2, -0.15) is 0 Å². The van der Waals surface area contributed by atoms with E-state index in [4.69, 9.17) is 9.47 Å². The van der Waals surface area contributed by atoms with Crippen molar-refractivity contribution in [2.75, 3.05) is 11.9 Å². The predicted octanol–water partition coefficient (Wildman–Crippen LogP) is 4.97. The minimum atomic E-state index is -0.569. The first kappa shape index (κ1) is 23.1. The lowest BCUT2D eigenvalue weighted by molar-refractivity contribution is -0.150. The van der Waals surface area contributed by atoms with Crippen LogP contribution in [0, 0.1) is 19.3 Å². The van der Waals surface area contributed by atoms with E-state index in [1.165, 1.54) is 0 Å². The Balaban J connectivity index is 1.80. The van der Waals surface area contributed by atoms with Gasteiger partial charge in [0.15, 0.2) is 12.4 Å². The smallest absolute Gasteiger partial charge is 0.306 e. The van der Waals surface area contributed by atoms with Crippen LogP contribution in [0.25, 0.3) is 0 Å². The number of nitrogens with one attached hydrogen (secondary N) is 1. The summed E-state index contributed by atoms with van der Waals surface area (Å²) in [6.45, 7) is 8.98. The van der Waals surface area contributed by atoms with Gasteiger partial charge in [-0.25, -0.2) is 0 Å². The lowest BCUT2D eigenvalue weighted by Gasteiger charge is -2.16. The molecule has 0 saturated heterocycles. The van der Waals surface area contributed by atoms with Crippen molar-refractivity contribution in [3.63, 3.8) is 0 Å². The molecule has 0 radical (unpaired) electrons. The van der Waals surface area contributed by atoms with Gasteiger partial charge in [0.1, 0.15) is 11.5 Å². The second-order valence-corrected chi connectivity index (χ2v) is 8.23. The number of aryl methyl sites for hydroxylation is 2. The number of amides is 1. The van der Waals surface area contributed by atoms with E-state index >= 15 is 0 Å². The van der Waals surface area contributed by atoms with E-state index in [0.29, 0.717) is 11.4 Å². The van der Waals surface area contributed by atoms with Crippen LogP contribution in [-0.4, -0.2) is 24.3 Å². The number of ether oxygens (including phenoxy) is 2. The van der Waals surface area contributed by atoms with E-state index in [9.17, 15) is 14.4 Å². The largest absolute Gasteiger partial charge is 0.458 e. The second kappa shape index (κ2) is 10.1. The van der Waals surface area contributed by atoms with Crippen molar-refractivity contribution in [1.29, 1.82) is 0 Å². The lowest BCUT2D eigenvalue weighted by atomic mass is 9.91. The van der Waals surface area contributed by atoms with Gasteiger partial charge in [0.2, 0.25) is 5.91 Å². The quantitative estimate of drug-likeness (QED) is 0.620. The number of Topliss-reactive ketones (excluding diaryl/α,β-unsaturated/α-hetero) is 1. The van der Waals surface area contributed by atoms with Crippen LogP contribution >= 0.6 is 0 Å². The van der Waals surface area contributed by atoms with Gasteiger partial charge in [-0.15, -0.1) is 0 Å².